The van der Waals surface area contributed by atoms with E-state index in [1.807, 2.05) is 0 Å². The zero-order chi connectivity index (χ0) is 17.0. The molecule has 0 saturated heterocycles. The third-order valence-corrected chi connectivity index (χ3v) is 5.12. The summed E-state index contributed by atoms with van der Waals surface area (Å²) in [6.07, 6.45) is 6.30. The quantitative estimate of drug-likeness (QED) is 0.785. The van der Waals surface area contributed by atoms with Crippen molar-refractivity contribution in [3.05, 3.63) is 28.0 Å². The van der Waals surface area contributed by atoms with Gasteiger partial charge in [-0.05, 0) is 45.0 Å². The second kappa shape index (κ2) is 8.11. The molecule has 0 radical (unpaired) electrons. The van der Waals surface area contributed by atoms with Gasteiger partial charge in [-0.1, -0.05) is 35.2 Å². The fraction of sp³-hybridized carbons (Fsp3) is 0.588. The molecular weight excluding hydrogens is 361 g/mol. The minimum atomic E-state index is -0.753. The van der Waals surface area contributed by atoms with Gasteiger partial charge in [-0.25, -0.2) is 4.39 Å². The molecule has 128 valence electrons. The van der Waals surface area contributed by atoms with E-state index in [9.17, 15) is 9.18 Å². The Balaban J connectivity index is 2.15. The molecule has 1 aliphatic rings. The van der Waals surface area contributed by atoms with Gasteiger partial charge in [0.25, 0.3) is 5.91 Å². The maximum absolute atomic E-state index is 14.0. The van der Waals surface area contributed by atoms with Crippen molar-refractivity contribution < 1.29 is 9.18 Å². The molecule has 1 amide bonds. The molecule has 6 heteroatoms. The largest absolute Gasteiger partial charge is 0.383 e. The number of hydrogen-bond acceptors (Lipinski definition) is 3. The van der Waals surface area contributed by atoms with Gasteiger partial charge in [0.1, 0.15) is 5.82 Å². The van der Waals surface area contributed by atoms with Crippen LogP contribution in [0.25, 0.3) is 0 Å². The molecule has 1 saturated carbocycles. The van der Waals surface area contributed by atoms with E-state index in [0.717, 1.165) is 0 Å². The first-order valence-electron chi connectivity index (χ1n) is 8.09. The molecule has 1 aromatic carbocycles. The summed E-state index contributed by atoms with van der Waals surface area (Å²) < 4.78 is 14.6. The lowest BCUT2D eigenvalue weighted by molar-refractivity contribution is 0.0997. The normalized spacial score (nSPS) is 17.3. The number of nitrogens with zero attached hydrogens (tertiary/aromatic N) is 1. The number of amides is 1. The number of hydrogen-bond donors (Lipinski definition) is 2. The first-order valence-corrected chi connectivity index (χ1v) is 8.88. The second-order valence-electron chi connectivity index (χ2n) is 6.48. The highest BCUT2D eigenvalue weighted by molar-refractivity contribution is 9.10. The predicted octanol–water partition coefficient (Wildman–Crippen LogP) is 3.61. The monoisotopic (exact) mass is 385 g/mol. The predicted molar refractivity (Wildman–Crippen MR) is 95.2 cm³/mol. The van der Waals surface area contributed by atoms with E-state index >= 15 is 0 Å². The molecule has 1 aliphatic carbocycles. The van der Waals surface area contributed by atoms with E-state index in [1.54, 1.807) is 6.07 Å². The summed E-state index contributed by atoms with van der Waals surface area (Å²) in [7, 11) is 4.13. The summed E-state index contributed by atoms with van der Waals surface area (Å²) in [4.78, 5) is 13.8. The lowest BCUT2D eigenvalue weighted by Crippen LogP contribution is -2.41. The zero-order valence-corrected chi connectivity index (χ0v) is 15.3. The number of rotatable bonds is 6. The summed E-state index contributed by atoms with van der Waals surface area (Å²) in [5, 5.41) is 3.24. The van der Waals surface area contributed by atoms with Crippen LogP contribution >= 0.6 is 15.9 Å². The third-order valence-electron chi connectivity index (χ3n) is 4.66. The molecule has 3 N–H and O–H groups in total. The summed E-state index contributed by atoms with van der Waals surface area (Å²) >= 11 is 3.27. The third kappa shape index (κ3) is 4.67. The Morgan fingerprint density at radius 2 is 2.04 bits per heavy atom. The Kier molecular flexibility index (Phi) is 6.41. The number of primary amides is 1. The smallest absolute Gasteiger partial charge is 0.253 e. The van der Waals surface area contributed by atoms with Crippen molar-refractivity contribution in [3.8, 4) is 0 Å². The fourth-order valence-corrected chi connectivity index (χ4v) is 3.90. The minimum absolute atomic E-state index is 0.0747. The molecule has 0 aromatic heterocycles. The van der Waals surface area contributed by atoms with Gasteiger partial charge in [0.2, 0.25) is 0 Å². The summed E-state index contributed by atoms with van der Waals surface area (Å²) in [6, 6.07) is 3.31. The molecule has 1 atom stereocenters. The molecular formula is C17H25BrFN3O. The van der Waals surface area contributed by atoms with Crippen LogP contribution in [0.5, 0.6) is 0 Å². The van der Waals surface area contributed by atoms with Gasteiger partial charge in [0.05, 0.1) is 11.3 Å². The molecule has 23 heavy (non-hydrogen) atoms. The van der Waals surface area contributed by atoms with E-state index < -0.39 is 11.7 Å². The van der Waals surface area contributed by atoms with Crippen LogP contribution in [0.2, 0.25) is 0 Å². The molecule has 0 spiro atoms. The Labute approximate surface area is 145 Å². The van der Waals surface area contributed by atoms with Gasteiger partial charge < -0.3 is 16.0 Å². The molecule has 1 fully saturated rings. The Hall–Kier alpha value is -1.14. The lowest BCUT2D eigenvalue weighted by atomic mass is 9.83. The number of benzene rings is 1. The average Bonchev–Trinajstić information content (AvgIpc) is 2.47. The first-order chi connectivity index (χ1) is 10.9. The van der Waals surface area contributed by atoms with Crippen LogP contribution < -0.4 is 11.1 Å². The SMILES string of the molecule is CN(C)C(CNc1cc(Br)cc(F)c1C(N)=O)C1CCCCC1. The minimum Gasteiger partial charge on any atom is -0.383 e. The second-order valence-corrected chi connectivity index (χ2v) is 7.40. The van der Waals surface area contributed by atoms with Crippen LogP contribution in [0, 0.1) is 11.7 Å². The molecule has 0 aliphatic heterocycles. The number of nitrogens with one attached hydrogen (secondary N) is 1. The highest BCUT2D eigenvalue weighted by Crippen LogP contribution is 2.30. The highest BCUT2D eigenvalue weighted by Gasteiger charge is 2.26. The highest BCUT2D eigenvalue weighted by atomic mass is 79.9. The van der Waals surface area contributed by atoms with Crippen molar-refractivity contribution in [2.45, 2.75) is 38.1 Å². The number of halogens is 2. The lowest BCUT2D eigenvalue weighted by Gasteiger charge is -2.35. The van der Waals surface area contributed by atoms with Gasteiger partial charge in [0.15, 0.2) is 0 Å². The van der Waals surface area contributed by atoms with Crippen molar-refractivity contribution in [2.75, 3.05) is 26.0 Å². The standard InChI is InChI=1S/C17H25BrFN3O/c1-22(2)15(11-6-4-3-5-7-11)10-21-14-9-12(18)8-13(19)16(14)17(20)23/h8-9,11,15,21H,3-7,10H2,1-2H3,(H2,20,23). The maximum atomic E-state index is 14.0. The van der Waals surface area contributed by atoms with Gasteiger partial charge in [-0.15, -0.1) is 0 Å². The number of carbonyl (C=O) groups is 1. The summed E-state index contributed by atoms with van der Waals surface area (Å²) in [5.74, 6) is -0.731. The van der Waals surface area contributed by atoms with Crippen molar-refractivity contribution in [2.24, 2.45) is 11.7 Å². The maximum Gasteiger partial charge on any atom is 0.253 e. The van der Waals surface area contributed by atoms with E-state index in [0.29, 0.717) is 28.7 Å². The van der Waals surface area contributed by atoms with Crippen LogP contribution in [0.15, 0.2) is 16.6 Å². The molecule has 0 heterocycles. The van der Waals surface area contributed by atoms with E-state index in [-0.39, 0.29) is 5.56 Å². The van der Waals surface area contributed by atoms with E-state index in [4.69, 9.17) is 5.73 Å². The Morgan fingerprint density at radius 1 is 1.39 bits per heavy atom. The zero-order valence-electron chi connectivity index (χ0n) is 13.7. The average molecular weight is 386 g/mol. The van der Waals surface area contributed by atoms with Crippen LogP contribution in [0.4, 0.5) is 10.1 Å². The molecule has 2 rings (SSSR count). The molecule has 1 unspecified atom stereocenters. The van der Waals surface area contributed by atoms with Gasteiger partial charge in [-0.3, -0.25) is 4.79 Å². The fourth-order valence-electron chi connectivity index (χ4n) is 3.47. The first kappa shape index (κ1) is 18.2. The molecule has 4 nitrogen and oxygen atoms in total. The van der Waals surface area contributed by atoms with Crippen molar-refractivity contribution >= 4 is 27.5 Å². The number of nitrogens with two attached hydrogens (primary N) is 1. The van der Waals surface area contributed by atoms with Crippen LogP contribution in [-0.4, -0.2) is 37.5 Å². The van der Waals surface area contributed by atoms with Gasteiger partial charge >= 0.3 is 0 Å². The Morgan fingerprint density at radius 3 is 2.61 bits per heavy atom. The van der Waals surface area contributed by atoms with Crippen molar-refractivity contribution in [1.82, 2.24) is 4.90 Å². The van der Waals surface area contributed by atoms with Crippen molar-refractivity contribution in [3.63, 3.8) is 0 Å². The van der Waals surface area contributed by atoms with Crippen molar-refractivity contribution in [1.29, 1.82) is 0 Å². The van der Waals surface area contributed by atoms with Crippen LogP contribution in [0.3, 0.4) is 0 Å². The summed E-state index contributed by atoms with van der Waals surface area (Å²) in [5.41, 5.74) is 5.71. The van der Waals surface area contributed by atoms with Crippen LogP contribution in [-0.2, 0) is 0 Å². The summed E-state index contributed by atoms with van der Waals surface area (Å²) in [6.45, 7) is 0.661. The topological polar surface area (TPSA) is 58.4 Å². The van der Waals surface area contributed by atoms with Crippen LogP contribution in [0.1, 0.15) is 42.5 Å². The molecule has 1 aromatic rings. The van der Waals surface area contributed by atoms with E-state index in [2.05, 4.69) is 40.2 Å². The van der Waals surface area contributed by atoms with E-state index in [1.165, 1.54) is 38.2 Å². The number of carbonyl (C=O) groups excluding carboxylic acids is 1. The Bertz CT molecular complexity index is 559. The van der Waals surface area contributed by atoms with Gasteiger partial charge in [-0.2, -0.15) is 0 Å². The number of anilines is 1. The molecule has 0 bridgehead atoms. The van der Waals surface area contributed by atoms with Gasteiger partial charge in [0, 0.05) is 17.1 Å². The number of likely N-dealkylation sites (N-methyl/N-ethyl adjacent to an activating group) is 1.